The lowest BCUT2D eigenvalue weighted by atomic mass is 9.98. The molecule has 0 amide bonds. The van der Waals surface area contributed by atoms with Gasteiger partial charge in [0.1, 0.15) is 6.17 Å². The lowest BCUT2D eigenvalue weighted by Gasteiger charge is -2.23. The topological polar surface area (TPSA) is 15.3 Å². The van der Waals surface area contributed by atoms with Crippen LogP contribution in [0.2, 0.25) is 0 Å². The SMILES string of the molecule is CN(C)[C]1NCC2CCCC12. The molecule has 0 aromatic heterocycles. The van der Waals surface area contributed by atoms with E-state index in [1.54, 1.807) is 0 Å². The molecule has 1 heterocycles. The molecule has 1 N–H and O–H groups in total. The van der Waals surface area contributed by atoms with Gasteiger partial charge >= 0.3 is 0 Å². The van der Waals surface area contributed by atoms with E-state index in [1.807, 2.05) is 0 Å². The smallest absolute Gasteiger partial charge is 0.107 e. The molecule has 1 radical (unpaired) electrons. The van der Waals surface area contributed by atoms with Crippen LogP contribution >= 0.6 is 0 Å². The van der Waals surface area contributed by atoms with Crippen LogP contribution in [0.5, 0.6) is 0 Å². The summed E-state index contributed by atoms with van der Waals surface area (Å²) in [5.74, 6) is 1.82. The van der Waals surface area contributed by atoms with Gasteiger partial charge in [-0.05, 0) is 38.8 Å². The van der Waals surface area contributed by atoms with Crippen molar-refractivity contribution in [3.8, 4) is 0 Å². The summed E-state index contributed by atoms with van der Waals surface area (Å²) in [4.78, 5) is 2.25. The van der Waals surface area contributed by atoms with Gasteiger partial charge in [-0.2, -0.15) is 0 Å². The second kappa shape index (κ2) is 2.76. The van der Waals surface area contributed by atoms with Gasteiger partial charge in [-0.25, -0.2) is 0 Å². The van der Waals surface area contributed by atoms with Gasteiger partial charge < -0.3 is 0 Å². The van der Waals surface area contributed by atoms with Gasteiger partial charge in [0.05, 0.1) is 0 Å². The van der Waals surface area contributed by atoms with E-state index in [2.05, 4.69) is 24.3 Å². The van der Waals surface area contributed by atoms with Crippen molar-refractivity contribution >= 4 is 0 Å². The summed E-state index contributed by atoms with van der Waals surface area (Å²) in [5.41, 5.74) is 0. The summed E-state index contributed by atoms with van der Waals surface area (Å²) in [5, 5.41) is 3.50. The summed E-state index contributed by atoms with van der Waals surface area (Å²) >= 11 is 0. The number of rotatable bonds is 1. The van der Waals surface area contributed by atoms with Gasteiger partial charge in [0.2, 0.25) is 0 Å². The Bertz CT molecular complexity index is 144. The molecule has 1 saturated carbocycles. The molecule has 1 aliphatic heterocycles. The third-order valence-electron chi connectivity index (χ3n) is 3.04. The third kappa shape index (κ3) is 1.18. The van der Waals surface area contributed by atoms with Gasteiger partial charge in [0.25, 0.3) is 0 Å². The summed E-state index contributed by atoms with van der Waals surface area (Å²) in [6.07, 6.45) is 5.77. The minimum atomic E-state index is 0.866. The van der Waals surface area contributed by atoms with Crippen molar-refractivity contribution in [1.29, 1.82) is 0 Å². The second-order valence-electron chi connectivity index (χ2n) is 3.96. The Kier molecular flexibility index (Phi) is 1.90. The minimum Gasteiger partial charge on any atom is -0.296 e. The molecule has 2 atom stereocenters. The van der Waals surface area contributed by atoms with Gasteiger partial charge in [-0.3, -0.25) is 10.2 Å². The fraction of sp³-hybridized carbons (Fsp3) is 0.889. The predicted molar refractivity (Wildman–Crippen MR) is 45.8 cm³/mol. The fourth-order valence-corrected chi connectivity index (χ4v) is 2.50. The van der Waals surface area contributed by atoms with Crippen molar-refractivity contribution in [2.24, 2.45) is 11.8 Å². The molecule has 0 aromatic carbocycles. The molecule has 11 heavy (non-hydrogen) atoms. The molecule has 0 spiro atoms. The average Bonchev–Trinajstić information content (AvgIpc) is 2.41. The van der Waals surface area contributed by atoms with Crippen LogP contribution in [-0.2, 0) is 0 Å². The zero-order valence-corrected chi connectivity index (χ0v) is 7.43. The van der Waals surface area contributed by atoms with Crippen molar-refractivity contribution < 1.29 is 0 Å². The van der Waals surface area contributed by atoms with Crippen molar-refractivity contribution in [3.63, 3.8) is 0 Å². The zero-order valence-electron chi connectivity index (χ0n) is 7.43. The highest BCUT2D eigenvalue weighted by Gasteiger charge is 2.40. The Morgan fingerprint density at radius 2 is 2.18 bits per heavy atom. The van der Waals surface area contributed by atoms with Crippen LogP contribution in [0, 0.1) is 18.0 Å². The van der Waals surface area contributed by atoms with Crippen molar-refractivity contribution in [3.05, 3.63) is 6.17 Å². The first kappa shape index (κ1) is 7.56. The molecule has 2 heteroatoms. The summed E-state index contributed by atoms with van der Waals surface area (Å²) < 4.78 is 0. The van der Waals surface area contributed by atoms with Gasteiger partial charge in [-0.1, -0.05) is 6.42 Å². The standard InChI is InChI=1S/C9H17N2/c1-11(2)9-8-5-3-4-7(8)6-10-9/h7-8,10H,3-6H2,1-2H3. The minimum absolute atomic E-state index is 0.866. The maximum absolute atomic E-state index is 3.50. The molecule has 1 saturated heterocycles. The van der Waals surface area contributed by atoms with E-state index in [-0.39, 0.29) is 0 Å². The van der Waals surface area contributed by atoms with E-state index in [0.717, 1.165) is 11.8 Å². The molecular weight excluding hydrogens is 136 g/mol. The molecular formula is C9H17N2. The highest BCUT2D eigenvalue weighted by molar-refractivity contribution is 5.04. The van der Waals surface area contributed by atoms with Crippen molar-refractivity contribution in [2.75, 3.05) is 20.6 Å². The van der Waals surface area contributed by atoms with E-state index in [9.17, 15) is 0 Å². The predicted octanol–water partition coefficient (Wildman–Crippen LogP) is 1.06. The maximum atomic E-state index is 3.50. The Balaban J connectivity index is 2.03. The first-order valence-corrected chi connectivity index (χ1v) is 4.57. The number of nitrogens with zero attached hydrogens (tertiary/aromatic N) is 1. The van der Waals surface area contributed by atoms with Crippen LogP contribution in [0.1, 0.15) is 19.3 Å². The lowest BCUT2D eigenvalue weighted by molar-refractivity contribution is 0.316. The van der Waals surface area contributed by atoms with E-state index < -0.39 is 0 Å². The first-order chi connectivity index (χ1) is 5.29. The fourth-order valence-electron chi connectivity index (χ4n) is 2.50. The Labute approximate surface area is 69.0 Å². The second-order valence-corrected chi connectivity index (χ2v) is 3.96. The highest BCUT2D eigenvalue weighted by Crippen LogP contribution is 2.41. The molecule has 2 rings (SSSR count). The molecule has 0 aromatic rings. The van der Waals surface area contributed by atoms with E-state index in [4.69, 9.17) is 0 Å². The average molecular weight is 153 g/mol. The van der Waals surface area contributed by atoms with Crippen molar-refractivity contribution in [2.45, 2.75) is 19.3 Å². The number of fused-ring (bicyclic) bond motifs is 1. The van der Waals surface area contributed by atoms with Crippen LogP contribution in [0.15, 0.2) is 0 Å². The molecule has 0 bridgehead atoms. The maximum Gasteiger partial charge on any atom is 0.107 e. The monoisotopic (exact) mass is 153 g/mol. The quantitative estimate of drug-likeness (QED) is 0.606. The van der Waals surface area contributed by atoms with Crippen LogP contribution in [0.25, 0.3) is 0 Å². The molecule has 2 nitrogen and oxygen atoms in total. The van der Waals surface area contributed by atoms with Gasteiger partial charge in [-0.15, -0.1) is 0 Å². The molecule has 2 fully saturated rings. The van der Waals surface area contributed by atoms with E-state index >= 15 is 0 Å². The number of hydrogen-bond acceptors (Lipinski definition) is 2. The number of hydrogen-bond donors (Lipinski definition) is 1. The van der Waals surface area contributed by atoms with Crippen molar-refractivity contribution in [1.82, 2.24) is 10.2 Å². The van der Waals surface area contributed by atoms with E-state index in [1.165, 1.54) is 32.0 Å². The highest BCUT2D eigenvalue weighted by atomic mass is 15.3. The first-order valence-electron chi connectivity index (χ1n) is 4.57. The Hall–Kier alpha value is -0.0800. The third-order valence-corrected chi connectivity index (χ3v) is 3.04. The van der Waals surface area contributed by atoms with Crippen LogP contribution in [0.4, 0.5) is 0 Å². The molecule has 2 aliphatic rings. The molecule has 1 aliphatic carbocycles. The molecule has 63 valence electrons. The zero-order chi connectivity index (χ0) is 7.84. The van der Waals surface area contributed by atoms with Gasteiger partial charge in [0, 0.05) is 6.54 Å². The largest absolute Gasteiger partial charge is 0.296 e. The summed E-state index contributed by atoms with van der Waals surface area (Å²) in [7, 11) is 4.28. The summed E-state index contributed by atoms with van der Waals surface area (Å²) in [6, 6.07) is 0. The van der Waals surface area contributed by atoms with Crippen LogP contribution in [0.3, 0.4) is 0 Å². The Morgan fingerprint density at radius 3 is 2.91 bits per heavy atom. The Morgan fingerprint density at radius 1 is 1.36 bits per heavy atom. The lowest BCUT2D eigenvalue weighted by Crippen LogP contribution is -2.31. The normalized spacial score (nSPS) is 38.5. The van der Waals surface area contributed by atoms with Crippen LogP contribution < -0.4 is 5.32 Å². The summed E-state index contributed by atoms with van der Waals surface area (Å²) in [6.45, 7) is 1.22. The van der Waals surface area contributed by atoms with E-state index in [0.29, 0.717) is 0 Å². The van der Waals surface area contributed by atoms with Crippen LogP contribution in [-0.4, -0.2) is 25.5 Å². The molecule has 2 unspecified atom stereocenters. The van der Waals surface area contributed by atoms with Gasteiger partial charge in [0.15, 0.2) is 0 Å². The number of nitrogens with one attached hydrogen (secondary N) is 1.